The van der Waals surface area contributed by atoms with E-state index in [9.17, 15) is 35.1 Å². The normalized spacial score (nSPS) is 18.4. The highest BCUT2D eigenvalue weighted by atomic mass is 16.7. The maximum Gasteiger partial charge on any atom is 0.306 e. The van der Waals surface area contributed by atoms with Gasteiger partial charge in [-0.1, -0.05) is 346 Å². The van der Waals surface area contributed by atoms with Crippen molar-refractivity contribution in [2.75, 3.05) is 13.2 Å². The number of hydrogen-bond donors (Lipinski definition) is 6. The molecular formula is C76H143NO10. The zero-order valence-corrected chi connectivity index (χ0v) is 57.2. The van der Waals surface area contributed by atoms with Gasteiger partial charge in [0.25, 0.3) is 0 Å². The van der Waals surface area contributed by atoms with E-state index in [0.29, 0.717) is 19.3 Å². The summed E-state index contributed by atoms with van der Waals surface area (Å²) in [5, 5.41) is 57.3. The minimum absolute atomic E-state index is 0.127. The fourth-order valence-electron chi connectivity index (χ4n) is 12.1. The molecule has 0 saturated carbocycles. The van der Waals surface area contributed by atoms with E-state index in [1.54, 1.807) is 6.08 Å². The monoisotopic (exact) mass is 1230 g/mol. The third kappa shape index (κ3) is 51.1. The van der Waals surface area contributed by atoms with Crippen molar-refractivity contribution in [3.63, 3.8) is 0 Å². The maximum absolute atomic E-state index is 13.5. The molecule has 1 amide bonds. The van der Waals surface area contributed by atoms with Crippen molar-refractivity contribution >= 4 is 11.9 Å². The van der Waals surface area contributed by atoms with Gasteiger partial charge in [0.1, 0.15) is 24.4 Å². The summed E-state index contributed by atoms with van der Waals surface area (Å²) in [6.45, 7) is 5.83. The Balaban J connectivity index is 2.50. The molecule has 11 heteroatoms. The molecule has 0 aromatic heterocycles. The molecule has 1 aliphatic heterocycles. The number of allylic oxidation sites excluding steroid dienone is 5. The van der Waals surface area contributed by atoms with E-state index in [1.165, 1.54) is 263 Å². The van der Waals surface area contributed by atoms with Gasteiger partial charge in [0.2, 0.25) is 5.91 Å². The van der Waals surface area contributed by atoms with Gasteiger partial charge in [-0.05, 0) is 57.8 Å². The number of esters is 1. The third-order valence-corrected chi connectivity index (χ3v) is 18.0. The lowest BCUT2D eigenvalue weighted by molar-refractivity contribution is -0.305. The third-order valence-electron chi connectivity index (χ3n) is 18.0. The van der Waals surface area contributed by atoms with Crippen LogP contribution in [0.4, 0.5) is 0 Å². The molecule has 8 atom stereocenters. The number of hydrogen-bond acceptors (Lipinski definition) is 10. The Bertz CT molecular complexity index is 1560. The number of carbonyl (C=O) groups excluding carboxylic acids is 2. The number of aliphatic hydroxyl groups is 5. The lowest BCUT2D eigenvalue weighted by Crippen LogP contribution is -2.61. The molecule has 0 radical (unpaired) electrons. The van der Waals surface area contributed by atoms with Crippen LogP contribution in [-0.4, -0.2) is 99.6 Å². The van der Waals surface area contributed by atoms with Crippen LogP contribution in [0.5, 0.6) is 0 Å². The van der Waals surface area contributed by atoms with Crippen LogP contribution in [0.3, 0.4) is 0 Å². The summed E-state index contributed by atoms with van der Waals surface area (Å²) in [5.41, 5.74) is 0. The molecule has 0 spiro atoms. The molecule has 8 unspecified atom stereocenters. The van der Waals surface area contributed by atoms with Gasteiger partial charge in [0.15, 0.2) is 12.4 Å². The molecule has 1 rings (SSSR count). The van der Waals surface area contributed by atoms with Crippen molar-refractivity contribution < 1.29 is 49.3 Å². The van der Waals surface area contributed by atoms with Crippen LogP contribution in [0.25, 0.3) is 0 Å². The predicted molar refractivity (Wildman–Crippen MR) is 366 cm³/mol. The number of rotatable bonds is 66. The molecule has 0 bridgehead atoms. The van der Waals surface area contributed by atoms with Crippen LogP contribution in [0.1, 0.15) is 374 Å². The zero-order chi connectivity index (χ0) is 63.1. The highest BCUT2D eigenvalue weighted by molar-refractivity contribution is 5.80. The van der Waals surface area contributed by atoms with Crippen LogP contribution in [-0.2, 0) is 23.8 Å². The molecule has 6 N–H and O–H groups in total. The summed E-state index contributed by atoms with van der Waals surface area (Å²) in [4.78, 5) is 26.7. The predicted octanol–water partition coefficient (Wildman–Crippen LogP) is 19.7. The highest BCUT2D eigenvalue weighted by Crippen LogP contribution is 2.27. The smallest absolute Gasteiger partial charge is 0.306 e. The highest BCUT2D eigenvalue weighted by Gasteiger charge is 2.47. The van der Waals surface area contributed by atoms with Gasteiger partial charge in [-0.15, -0.1) is 0 Å². The van der Waals surface area contributed by atoms with Crippen LogP contribution in [0.15, 0.2) is 36.5 Å². The SMILES string of the molecule is CCCCC/C=C\C/C=C\CCCCCCCCCCCCCCCCCC(=O)OC1C(OCC(NC(=O)C(O)CCCCCCCCCCCCCCCCCCCCCCCC)C(O)/C=C/CCCCCCCCCCC)OC(CO)C(O)C1O. The van der Waals surface area contributed by atoms with E-state index in [0.717, 1.165) is 64.2 Å². The number of nitrogens with one attached hydrogen (secondary N) is 1. The van der Waals surface area contributed by atoms with Gasteiger partial charge in [0.05, 0.1) is 25.4 Å². The quantitative estimate of drug-likeness (QED) is 0.0195. The van der Waals surface area contributed by atoms with Gasteiger partial charge in [0, 0.05) is 6.42 Å². The second-order valence-electron chi connectivity index (χ2n) is 26.4. The van der Waals surface area contributed by atoms with E-state index >= 15 is 0 Å². The van der Waals surface area contributed by atoms with E-state index in [2.05, 4.69) is 50.4 Å². The number of aliphatic hydroxyl groups excluding tert-OH is 5. The lowest BCUT2D eigenvalue weighted by Gasteiger charge is -2.41. The molecule has 1 aliphatic rings. The first-order valence-electron chi connectivity index (χ1n) is 37.8. The average molecular weight is 1230 g/mol. The first kappa shape index (κ1) is 82.9. The number of amides is 1. The molecular weight excluding hydrogens is 1090 g/mol. The van der Waals surface area contributed by atoms with Gasteiger partial charge in [-0.2, -0.15) is 0 Å². The van der Waals surface area contributed by atoms with Gasteiger partial charge in [-0.3, -0.25) is 9.59 Å². The molecule has 1 saturated heterocycles. The van der Waals surface area contributed by atoms with Crippen molar-refractivity contribution in [1.82, 2.24) is 5.32 Å². The van der Waals surface area contributed by atoms with E-state index in [1.807, 2.05) is 6.08 Å². The minimum Gasteiger partial charge on any atom is -0.454 e. The summed E-state index contributed by atoms with van der Waals surface area (Å²) in [5.74, 6) is -1.18. The second-order valence-corrected chi connectivity index (χ2v) is 26.4. The summed E-state index contributed by atoms with van der Waals surface area (Å²) < 4.78 is 17.7. The Morgan fingerprint density at radius 2 is 0.793 bits per heavy atom. The molecule has 0 aromatic carbocycles. The lowest BCUT2D eigenvalue weighted by atomic mass is 9.99. The largest absolute Gasteiger partial charge is 0.454 e. The first-order chi connectivity index (χ1) is 42.7. The van der Waals surface area contributed by atoms with Crippen molar-refractivity contribution in [3.05, 3.63) is 36.5 Å². The fourth-order valence-corrected chi connectivity index (χ4v) is 12.1. The molecule has 0 aliphatic carbocycles. The van der Waals surface area contributed by atoms with Gasteiger partial charge >= 0.3 is 5.97 Å². The van der Waals surface area contributed by atoms with Crippen LogP contribution in [0.2, 0.25) is 0 Å². The van der Waals surface area contributed by atoms with Crippen LogP contribution < -0.4 is 5.32 Å². The minimum atomic E-state index is -1.61. The fraction of sp³-hybridized carbons (Fsp3) is 0.895. The summed E-state index contributed by atoms with van der Waals surface area (Å²) >= 11 is 0. The van der Waals surface area contributed by atoms with Crippen molar-refractivity contribution in [1.29, 1.82) is 0 Å². The Morgan fingerprint density at radius 1 is 0.448 bits per heavy atom. The standard InChI is InChI=1S/C76H143NO10/c1-4-7-10-13-16-19-22-24-26-28-30-32-34-35-36-38-40-42-44-46-49-52-55-58-61-64-71(81)87-74-73(83)72(82)70(65-78)86-76(74)85-66-67(68(79)62-59-56-53-50-47-21-18-15-12-9-6-3)77-75(84)69(80)63-60-57-54-51-48-45-43-41-39-37-33-31-29-27-25-23-20-17-14-11-8-5-2/h16,19,24,26,59,62,67-70,72-74,76,78-80,82-83H,4-15,17-18,20-23,25,27-58,60-61,63-66H2,1-3H3,(H,77,84)/b19-16-,26-24-,62-59+. The maximum atomic E-state index is 13.5. The molecule has 512 valence electrons. The summed E-state index contributed by atoms with van der Waals surface area (Å²) in [6, 6.07) is -1.02. The molecule has 1 heterocycles. The Labute approximate surface area is 536 Å². The van der Waals surface area contributed by atoms with Crippen LogP contribution >= 0.6 is 0 Å². The van der Waals surface area contributed by atoms with E-state index < -0.39 is 67.4 Å². The Morgan fingerprint density at radius 3 is 1.20 bits per heavy atom. The second kappa shape index (κ2) is 64.0. The first-order valence-corrected chi connectivity index (χ1v) is 37.8. The number of unbranched alkanes of at least 4 members (excludes halogenated alkanes) is 48. The summed E-state index contributed by atoms with van der Waals surface area (Å²) in [6.07, 6.45) is 69.1. The van der Waals surface area contributed by atoms with Crippen LogP contribution in [0, 0.1) is 0 Å². The molecule has 0 aromatic rings. The zero-order valence-electron chi connectivity index (χ0n) is 57.2. The van der Waals surface area contributed by atoms with Crippen molar-refractivity contribution in [3.8, 4) is 0 Å². The van der Waals surface area contributed by atoms with E-state index in [-0.39, 0.29) is 13.0 Å². The molecule has 87 heavy (non-hydrogen) atoms. The van der Waals surface area contributed by atoms with Gasteiger partial charge in [-0.25, -0.2) is 0 Å². The van der Waals surface area contributed by atoms with E-state index in [4.69, 9.17) is 14.2 Å². The molecule has 1 fully saturated rings. The molecule has 11 nitrogen and oxygen atoms in total. The Hall–Kier alpha value is -2.12. The topological polar surface area (TPSA) is 175 Å². The van der Waals surface area contributed by atoms with Crippen molar-refractivity contribution in [2.45, 2.75) is 423 Å². The average Bonchev–Trinajstić information content (AvgIpc) is 3.12. The number of carbonyl (C=O) groups is 2. The number of ether oxygens (including phenoxy) is 3. The van der Waals surface area contributed by atoms with Gasteiger partial charge < -0.3 is 45.1 Å². The van der Waals surface area contributed by atoms with Crippen molar-refractivity contribution in [2.24, 2.45) is 0 Å². The Kier molecular flexibility index (Phi) is 61.0. The summed E-state index contributed by atoms with van der Waals surface area (Å²) in [7, 11) is 0.